The molecule has 3 aromatic rings. The highest BCUT2D eigenvalue weighted by molar-refractivity contribution is 5.94. The normalized spacial score (nSPS) is 15.2. The van der Waals surface area contributed by atoms with Crippen molar-refractivity contribution in [2.75, 3.05) is 51.7 Å². The van der Waals surface area contributed by atoms with Crippen molar-refractivity contribution in [3.05, 3.63) is 89.4 Å². The van der Waals surface area contributed by atoms with Crippen LogP contribution in [0.1, 0.15) is 46.9 Å². The van der Waals surface area contributed by atoms with Gasteiger partial charge in [-0.3, -0.25) is 19.9 Å². The first-order valence-electron chi connectivity index (χ1n) is 12.8. The first-order valence-corrected chi connectivity index (χ1v) is 12.8. The second-order valence-corrected chi connectivity index (χ2v) is 9.19. The van der Waals surface area contributed by atoms with Crippen LogP contribution in [0.25, 0.3) is 0 Å². The molecule has 1 aliphatic rings. The van der Waals surface area contributed by atoms with Gasteiger partial charge in [0.15, 0.2) is 0 Å². The van der Waals surface area contributed by atoms with Gasteiger partial charge in [0.05, 0.1) is 25.7 Å². The predicted molar refractivity (Wildman–Crippen MR) is 144 cm³/mol. The molecule has 1 atom stereocenters. The van der Waals surface area contributed by atoms with Crippen molar-refractivity contribution in [3.63, 3.8) is 0 Å². The maximum Gasteiger partial charge on any atom is 0.411 e. The monoisotopic (exact) mass is 504 g/mol. The quantitative estimate of drug-likeness (QED) is 0.449. The summed E-state index contributed by atoms with van der Waals surface area (Å²) in [5.74, 6) is 0.0465. The summed E-state index contributed by atoms with van der Waals surface area (Å²) in [6.45, 7) is 9.86. The average Bonchev–Trinajstić information content (AvgIpc) is 3.44. The molecular formula is C29H36N4O4. The Kier molecular flexibility index (Phi) is 8.98. The Morgan fingerprint density at radius 1 is 1.00 bits per heavy atom. The SMILES string of the molecule is CCN(CC)C(=O)c1ccc([C@H](c2cccc(NC(=O)OC)c2)N2CCN(Cc3ccoc3)CC2)cc1. The van der Waals surface area contributed by atoms with Gasteiger partial charge in [0.1, 0.15) is 0 Å². The Bertz CT molecular complexity index is 1150. The third kappa shape index (κ3) is 6.58. The van der Waals surface area contributed by atoms with Crippen molar-refractivity contribution >= 4 is 17.7 Å². The van der Waals surface area contributed by atoms with E-state index < -0.39 is 6.09 Å². The molecule has 2 amide bonds. The first-order chi connectivity index (χ1) is 18.0. The molecular weight excluding hydrogens is 468 g/mol. The lowest BCUT2D eigenvalue weighted by atomic mass is 9.94. The number of benzene rings is 2. The molecule has 2 heterocycles. The number of ether oxygens (including phenoxy) is 1. The molecule has 0 radical (unpaired) electrons. The van der Waals surface area contributed by atoms with Gasteiger partial charge in [-0.25, -0.2) is 4.79 Å². The van der Waals surface area contributed by atoms with Crippen LogP contribution in [0.3, 0.4) is 0 Å². The first kappa shape index (κ1) is 26.4. The molecule has 0 unspecified atom stereocenters. The molecule has 0 bridgehead atoms. The van der Waals surface area contributed by atoms with Gasteiger partial charge < -0.3 is 14.1 Å². The van der Waals surface area contributed by atoms with Crippen molar-refractivity contribution in [1.82, 2.24) is 14.7 Å². The maximum atomic E-state index is 12.9. The largest absolute Gasteiger partial charge is 0.472 e. The van der Waals surface area contributed by atoms with Crippen LogP contribution in [-0.4, -0.2) is 73.1 Å². The third-order valence-electron chi connectivity index (χ3n) is 6.92. The molecule has 0 spiro atoms. The van der Waals surface area contributed by atoms with Crippen LogP contribution in [0.5, 0.6) is 0 Å². The standard InChI is InChI=1S/C29H36N4O4/c1-4-32(5-2)28(34)24-11-9-23(10-12-24)27(25-7-6-8-26(19-25)30-29(35)36-3)33-16-14-31(15-17-33)20-22-13-18-37-21-22/h6-13,18-19,21,27H,4-5,14-17,20H2,1-3H3,(H,30,35)/t27-/m1/s1. The second-order valence-electron chi connectivity index (χ2n) is 9.19. The molecule has 1 aliphatic heterocycles. The Morgan fingerprint density at radius 3 is 2.35 bits per heavy atom. The van der Waals surface area contributed by atoms with E-state index in [0.717, 1.165) is 43.9 Å². The zero-order valence-corrected chi connectivity index (χ0v) is 21.9. The van der Waals surface area contributed by atoms with Gasteiger partial charge in [-0.05, 0) is 55.3 Å². The maximum absolute atomic E-state index is 12.9. The number of rotatable bonds is 9. The van der Waals surface area contributed by atoms with Crippen LogP contribution >= 0.6 is 0 Å². The molecule has 4 rings (SSSR count). The highest BCUT2D eigenvalue weighted by atomic mass is 16.5. The van der Waals surface area contributed by atoms with E-state index in [0.29, 0.717) is 24.3 Å². The van der Waals surface area contributed by atoms with E-state index in [4.69, 9.17) is 9.15 Å². The van der Waals surface area contributed by atoms with E-state index in [2.05, 4.69) is 33.3 Å². The van der Waals surface area contributed by atoms with Crippen molar-refractivity contribution in [3.8, 4) is 0 Å². The van der Waals surface area contributed by atoms with Crippen molar-refractivity contribution in [2.24, 2.45) is 0 Å². The molecule has 2 aromatic carbocycles. The van der Waals surface area contributed by atoms with Gasteiger partial charge in [0.2, 0.25) is 0 Å². The number of hydrogen-bond donors (Lipinski definition) is 1. The Morgan fingerprint density at radius 2 is 1.73 bits per heavy atom. The van der Waals surface area contributed by atoms with E-state index >= 15 is 0 Å². The highest BCUT2D eigenvalue weighted by Crippen LogP contribution is 2.32. The summed E-state index contributed by atoms with van der Waals surface area (Å²) in [6.07, 6.45) is 3.02. The van der Waals surface area contributed by atoms with Gasteiger partial charge in [0, 0.05) is 62.6 Å². The minimum atomic E-state index is -0.499. The van der Waals surface area contributed by atoms with Gasteiger partial charge in [-0.1, -0.05) is 24.3 Å². The van der Waals surface area contributed by atoms with Crippen LogP contribution in [0.2, 0.25) is 0 Å². The van der Waals surface area contributed by atoms with Gasteiger partial charge in [-0.15, -0.1) is 0 Å². The summed E-state index contributed by atoms with van der Waals surface area (Å²) in [7, 11) is 1.35. The van der Waals surface area contributed by atoms with Crippen LogP contribution in [0.4, 0.5) is 10.5 Å². The van der Waals surface area contributed by atoms with Gasteiger partial charge >= 0.3 is 6.09 Å². The van der Waals surface area contributed by atoms with Crippen molar-refractivity contribution in [1.29, 1.82) is 0 Å². The fourth-order valence-corrected chi connectivity index (χ4v) is 4.89. The predicted octanol–water partition coefficient (Wildman–Crippen LogP) is 4.85. The molecule has 1 saturated heterocycles. The lowest BCUT2D eigenvalue weighted by molar-refractivity contribution is 0.0772. The molecule has 0 aliphatic carbocycles. The van der Waals surface area contributed by atoms with E-state index in [1.165, 1.54) is 12.7 Å². The minimum absolute atomic E-state index is 0.0203. The second kappa shape index (κ2) is 12.6. The molecule has 1 aromatic heterocycles. The number of methoxy groups -OCH3 is 1. The molecule has 0 saturated carbocycles. The number of carbonyl (C=O) groups excluding carboxylic acids is 2. The van der Waals surface area contributed by atoms with E-state index in [1.54, 1.807) is 12.5 Å². The Hall–Kier alpha value is -3.62. The van der Waals surface area contributed by atoms with Crippen LogP contribution in [0, 0.1) is 0 Å². The lowest BCUT2D eigenvalue weighted by Crippen LogP contribution is -2.47. The topological polar surface area (TPSA) is 78.3 Å². The zero-order chi connectivity index (χ0) is 26.2. The van der Waals surface area contributed by atoms with E-state index in [-0.39, 0.29) is 11.9 Å². The van der Waals surface area contributed by atoms with Crippen LogP contribution in [0.15, 0.2) is 71.5 Å². The Labute approximate surface area is 218 Å². The summed E-state index contributed by atoms with van der Waals surface area (Å²) < 4.78 is 10.0. The highest BCUT2D eigenvalue weighted by Gasteiger charge is 2.27. The van der Waals surface area contributed by atoms with E-state index in [9.17, 15) is 9.59 Å². The number of carbonyl (C=O) groups is 2. The van der Waals surface area contributed by atoms with Crippen molar-refractivity contribution < 1.29 is 18.7 Å². The average molecular weight is 505 g/mol. The number of furan rings is 1. The van der Waals surface area contributed by atoms with E-state index in [1.807, 2.05) is 55.1 Å². The number of amides is 2. The van der Waals surface area contributed by atoms with Crippen molar-refractivity contribution in [2.45, 2.75) is 26.4 Å². The van der Waals surface area contributed by atoms with Gasteiger partial charge in [0.25, 0.3) is 5.91 Å². The number of nitrogens with zero attached hydrogens (tertiary/aromatic N) is 3. The smallest absolute Gasteiger partial charge is 0.411 e. The third-order valence-corrected chi connectivity index (χ3v) is 6.92. The molecule has 8 nitrogen and oxygen atoms in total. The number of piperazine rings is 1. The summed E-state index contributed by atoms with van der Waals surface area (Å²) in [5, 5.41) is 2.78. The fraction of sp³-hybridized carbons (Fsp3) is 0.379. The molecule has 1 N–H and O–H groups in total. The molecule has 8 heteroatoms. The van der Waals surface area contributed by atoms with Crippen LogP contribution < -0.4 is 5.32 Å². The molecule has 196 valence electrons. The summed E-state index contributed by atoms with van der Waals surface area (Å²) in [4.78, 5) is 31.4. The summed E-state index contributed by atoms with van der Waals surface area (Å²) >= 11 is 0. The Balaban J connectivity index is 1.58. The summed E-state index contributed by atoms with van der Waals surface area (Å²) in [6, 6.07) is 17.8. The zero-order valence-electron chi connectivity index (χ0n) is 21.9. The summed E-state index contributed by atoms with van der Waals surface area (Å²) in [5.41, 5.74) is 4.73. The molecule has 37 heavy (non-hydrogen) atoms. The lowest BCUT2D eigenvalue weighted by Gasteiger charge is -2.40. The van der Waals surface area contributed by atoms with Gasteiger partial charge in [-0.2, -0.15) is 0 Å². The number of hydrogen-bond acceptors (Lipinski definition) is 6. The number of anilines is 1. The molecule has 1 fully saturated rings. The minimum Gasteiger partial charge on any atom is -0.472 e. The van der Waals surface area contributed by atoms with Crippen LogP contribution in [-0.2, 0) is 11.3 Å². The number of nitrogens with one attached hydrogen (secondary N) is 1. The fourth-order valence-electron chi connectivity index (χ4n) is 4.89.